The molecule has 0 aliphatic carbocycles. The molecule has 0 saturated heterocycles. The van der Waals surface area contributed by atoms with Crippen LogP contribution in [-0.2, 0) is 6.42 Å². The van der Waals surface area contributed by atoms with Crippen LogP contribution in [0.1, 0.15) is 29.3 Å². The van der Waals surface area contributed by atoms with Gasteiger partial charge in [0.1, 0.15) is 5.75 Å². The molecule has 1 atom stereocenters. The van der Waals surface area contributed by atoms with Crippen molar-refractivity contribution in [3.05, 3.63) is 96.1 Å². The number of hydrogen-bond donors (Lipinski definition) is 1. The summed E-state index contributed by atoms with van der Waals surface area (Å²) in [5, 5.41) is 3.07. The lowest BCUT2D eigenvalue weighted by Gasteiger charge is -2.14. The summed E-state index contributed by atoms with van der Waals surface area (Å²) < 4.78 is 5.78. The Morgan fingerprint density at radius 2 is 1.59 bits per heavy atom. The summed E-state index contributed by atoms with van der Waals surface area (Å²) in [6.07, 6.45) is 1.87. The number of nitrogens with one attached hydrogen (secondary N) is 1. The molecule has 0 aliphatic heterocycles. The highest BCUT2D eigenvalue weighted by molar-refractivity contribution is 7.99. The van der Waals surface area contributed by atoms with Gasteiger partial charge in [-0.1, -0.05) is 48.5 Å². The summed E-state index contributed by atoms with van der Waals surface area (Å²) in [6.45, 7) is 2.67. The van der Waals surface area contributed by atoms with Crippen LogP contribution in [0.5, 0.6) is 5.75 Å². The molecule has 4 heteroatoms. The van der Waals surface area contributed by atoms with Crippen molar-refractivity contribution in [2.75, 3.05) is 12.4 Å². The fourth-order valence-corrected chi connectivity index (χ4v) is 3.70. The predicted molar refractivity (Wildman–Crippen MR) is 121 cm³/mol. The van der Waals surface area contributed by atoms with Crippen molar-refractivity contribution >= 4 is 17.7 Å². The van der Waals surface area contributed by atoms with Crippen molar-refractivity contribution in [2.24, 2.45) is 0 Å². The number of carbonyl (C=O) groups is 1. The van der Waals surface area contributed by atoms with Crippen LogP contribution in [0.3, 0.4) is 0 Å². The van der Waals surface area contributed by atoms with E-state index >= 15 is 0 Å². The van der Waals surface area contributed by atoms with Crippen LogP contribution in [0.25, 0.3) is 0 Å². The fraction of sp³-hybridized carbons (Fsp3) is 0.240. The van der Waals surface area contributed by atoms with Crippen LogP contribution in [0.15, 0.2) is 89.8 Å². The maximum atomic E-state index is 12.4. The van der Waals surface area contributed by atoms with Gasteiger partial charge in [0.05, 0.1) is 6.61 Å². The van der Waals surface area contributed by atoms with E-state index in [1.54, 1.807) is 11.8 Å². The van der Waals surface area contributed by atoms with Gasteiger partial charge in [0.15, 0.2) is 0 Å². The zero-order valence-corrected chi connectivity index (χ0v) is 17.5. The lowest BCUT2D eigenvalue weighted by molar-refractivity contribution is 0.0938. The minimum absolute atomic E-state index is 0.0447. The van der Waals surface area contributed by atoms with Crippen LogP contribution in [0.2, 0.25) is 0 Å². The van der Waals surface area contributed by atoms with Crippen LogP contribution in [0, 0.1) is 0 Å². The Morgan fingerprint density at radius 1 is 0.931 bits per heavy atom. The van der Waals surface area contributed by atoms with Gasteiger partial charge in [0.2, 0.25) is 0 Å². The monoisotopic (exact) mass is 405 g/mol. The lowest BCUT2D eigenvalue weighted by atomic mass is 10.1. The van der Waals surface area contributed by atoms with Crippen molar-refractivity contribution in [3.63, 3.8) is 0 Å². The lowest BCUT2D eigenvalue weighted by Crippen LogP contribution is -2.32. The Balaban J connectivity index is 1.38. The quantitative estimate of drug-likeness (QED) is 0.352. The Bertz CT molecular complexity index is 866. The molecule has 0 bridgehead atoms. The highest BCUT2D eigenvalue weighted by Gasteiger charge is 2.10. The normalized spacial score (nSPS) is 11.6. The Morgan fingerprint density at radius 3 is 2.28 bits per heavy atom. The molecule has 1 amide bonds. The molecule has 29 heavy (non-hydrogen) atoms. The summed E-state index contributed by atoms with van der Waals surface area (Å²) in [7, 11) is 0. The van der Waals surface area contributed by atoms with Crippen LogP contribution >= 0.6 is 11.8 Å². The Labute approximate surface area is 177 Å². The van der Waals surface area contributed by atoms with E-state index < -0.39 is 0 Å². The van der Waals surface area contributed by atoms with Gasteiger partial charge < -0.3 is 10.1 Å². The second-order valence-electron chi connectivity index (χ2n) is 6.93. The van der Waals surface area contributed by atoms with Crippen molar-refractivity contribution in [1.82, 2.24) is 5.32 Å². The Kier molecular flexibility index (Phi) is 8.20. The minimum atomic E-state index is -0.0447. The van der Waals surface area contributed by atoms with E-state index in [1.807, 2.05) is 67.6 Å². The first-order chi connectivity index (χ1) is 14.2. The van der Waals surface area contributed by atoms with E-state index in [1.165, 1.54) is 10.5 Å². The zero-order valence-electron chi connectivity index (χ0n) is 16.7. The molecule has 3 aromatic rings. The smallest absolute Gasteiger partial charge is 0.251 e. The molecule has 0 saturated carbocycles. The average molecular weight is 406 g/mol. The summed E-state index contributed by atoms with van der Waals surface area (Å²) >= 11 is 1.77. The van der Waals surface area contributed by atoms with Crippen molar-refractivity contribution in [3.8, 4) is 5.75 Å². The fourth-order valence-electron chi connectivity index (χ4n) is 2.95. The van der Waals surface area contributed by atoms with Crippen LogP contribution < -0.4 is 10.1 Å². The van der Waals surface area contributed by atoms with Gasteiger partial charge in [-0.05, 0) is 61.7 Å². The standard InChI is InChI=1S/C25H27NO2S/c1-20(12-13-21-8-4-2-5-9-21)26-25(27)22-14-16-23(17-15-22)28-18-19-29-24-10-6-3-7-11-24/h2-11,14-17,20H,12-13,18-19H2,1H3,(H,26,27)/t20-/m0/s1. The molecule has 0 unspecified atom stereocenters. The number of rotatable bonds is 10. The molecule has 3 nitrogen and oxygen atoms in total. The largest absolute Gasteiger partial charge is 0.493 e. The highest BCUT2D eigenvalue weighted by atomic mass is 32.2. The summed E-state index contributed by atoms with van der Waals surface area (Å²) in [6, 6.07) is 28.1. The topological polar surface area (TPSA) is 38.3 Å². The first-order valence-electron chi connectivity index (χ1n) is 9.96. The maximum Gasteiger partial charge on any atom is 0.251 e. The van der Waals surface area contributed by atoms with Crippen LogP contribution in [-0.4, -0.2) is 24.3 Å². The van der Waals surface area contributed by atoms with Gasteiger partial charge in [-0.25, -0.2) is 0 Å². The summed E-state index contributed by atoms with van der Waals surface area (Å²) in [5.74, 6) is 1.62. The van der Waals surface area contributed by atoms with E-state index in [2.05, 4.69) is 29.6 Å². The van der Waals surface area contributed by atoms with E-state index in [0.29, 0.717) is 12.2 Å². The molecule has 1 N–H and O–H groups in total. The molecule has 0 spiro atoms. The summed E-state index contributed by atoms with van der Waals surface area (Å²) in [4.78, 5) is 13.7. The molecule has 0 aromatic heterocycles. The van der Waals surface area contributed by atoms with Gasteiger partial charge in [0.25, 0.3) is 5.91 Å². The predicted octanol–water partition coefficient (Wildman–Crippen LogP) is 5.61. The number of benzene rings is 3. The first-order valence-corrected chi connectivity index (χ1v) is 10.9. The SMILES string of the molecule is C[C@@H](CCc1ccccc1)NC(=O)c1ccc(OCCSc2ccccc2)cc1. The van der Waals surface area contributed by atoms with E-state index in [-0.39, 0.29) is 11.9 Å². The van der Waals surface area contributed by atoms with E-state index in [4.69, 9.17) is 4.74 Å². The maximum absolute atomic E-state index is 12.4. The van der Waals surface area contributed by atoms with Gasteiger partial charge in [-0.2, -0.15) is 0 Å². The molecule has 0 radical (unpaired) electrons. The molecule has 3 aromatic carbocycles. The molecular formula is C25H27NO2S. The molecule has 0 fully saturated rings. The Hall–Kier alpha value is -2.72. The van der Waals surface area contributed by atoms with Crippen molar-refractivity contribution in [2.45, 2.75) is 30.7 Å². The number of hydrogen-bond acceptors (Lipinski definition) is 3. The van der Waals surface area contributed by atoms with Crippen molar-refractivity contribution in [1.29, 1.82) is 0 Å². The molecular weight excluding hydrogens is 378 g/mol. The zero-order chi connectivity index (χ0) is 20.3. The van der Waals surface area contributed by atoms with Crippen molar-refractivity contribution < 1.29 is 9.53 Å². The number of amides is 1. The molecule has 0 heterocycles. The second kappa shape index (κ2) is 11.3. The second-order valence-corrected chi connectivity index (χ2v) is 8.10. The molecule has 150 valence electrons. The van der Waals surface area contributed by atoms with Gasteiger partial charge in [0, 0.05) is 22.3 Å². The van der Waals surface area contributed by atoms with E-state index in [9.17, 15) is 4.79 Å². The van der Waals surface area contributed by atoms with Gasteiger partial charge in [-0.3, -0.25) is 4.79 Å². The number of aryl methyl sites for hydroxylation is 1. The number of thioether (sulfide) groups is 1. The summed E-state index contributed by atoms with van der Waals surface area (Å²) in [5.41, 5.74) is 1.95. The molecule has 0 aliphatic rings. The third-order valence-corrected chi connectivity index (χ3v) is 5.54. The average Bonchev–Trinajstić information content (AvgIpc) is 2.77. The first kappa shape index (κ1) is 21.0. The van der Waals surface area contributed by atoms with E-state index in [0.717, 1.165) is 24.3 Å². The number of carbonyl (C=O) groups excluding carboxylic acids is 1. The third-order valence-electron chi connectivity index (χ3n) is 4.57. The minimum Gasteiger partial charge on any atom is -0.493 e. The molecule has 3 rings (SSSR count). The third kappa shape index (κ3) is 7.31. The van der Waals surface area contributed by atoms with Gasteiger partial charge >= 0.3 is 0 Å². The number of ether oxygens (including phenoxy) is 1. The highest BCUT2D eigenvalue weighted by Crippen LogP contribution is 2.18. The van der Waals surface area contributed by atoms with Crippen LogP contribution in [0.4, 0.5) is 0 Å². The van der Waals surface area contributed by atoms with Gasteiger partial charge in [-0.15, -0.1) is 11.8 Å².